The molecule has 1 aromatic carbocycles. The smallest absolute Gasteiger partial charge is 0.249 e. The second-order valence-corrected chi connectivity index (χ2v) is 4.04. The van der Waals surface area contributed by atoms with E-state index in [4.69, 9.17) is 0 Å². The number of aromatic nitrogens is 3. The van der Waals surface area contributed by atoms with E-state index >= 15 is 0 Å². The van der Waals surface area contributed by atoms with Gasteiger partial charge in [0, 0.05) is 11.1 Å². The zero-order chi connectivity index (χ0) is 12.2. The standard InChI is InChI=1S/C12H10N3O2.ClH/c1-14-9-10(15(2)13-14)12(17)8-6-4-3-5-7(8)11(9)16;/h3-6H,1-2H3;1H/q+1;/p-1. The molecule has 1 aliphatic rings. The highest BCUT2D eigenvalue weighted by molar-refractivity contribution is 6.26. The van der Waals surface area contributed by atoms with Gasteiger partial charge in [0.2, 0.25) is 23.0 Å². The molecule has 0 bridgehead atoms. The van der Waals surface area contributed by atoms with Crippen LogP contribution in [0, 0.1) is 0 Å². The van der Waals surface area contributed by atoms with Crippen molar-refractivity contribution in [3.05, 3.63) is 46.8 Å². The lowest BCUT2D eigenvalue weighted by atomic mass is 9.90. The molecule has 1 aromatic heterocycles. The maximum absolute atomic E-state index is 12.3. The second-order valence-electron chi connectivity index (χ2n) is 4.04. The fourth-order valence-corrected chi connectivity index (χ4v) is 2.24. The molecule has 0 aliphatic heterocycles. The van der Waals surface area contributed by atoms with Crippen molar-refractivity contribution in [2.24, 2.45) is 14.1 Å². The molecule has 1 aliphatic carbocycles. The predicted molar refractivity (Wildman–Crippen MR) is 57.7 cm³/mol. The molecule has 0 radical (unpaired) electrons. The van der Waals surface area contributed by atoms with Gasteiger partial charge >= 0.3 is 0 Å². The largest absolute Gasteiger partial charge is 1.00 e. The third kappa shape index (κ3) is 1.41. The number of carbonyl (C=O) groups is 2. The summed E-state index contributed by atoms with van der Waals surface area (Å²) in [5.74, 6) is -0.295. The number of fused-ring (bicyclic) bond motifs is 2. The van der Waals surface area contributed by atoms with Crippen molar-refractivity contribution in [2.75, 3.05) is 0 Å². The number of hydrogen-bond acceptors (Lipinski definition) is 3. The van der Waals surface area contributed by atoms with Crippen LogP contribution < -0.4 is 17.1 Å². The summed E-state index contributed by atoms with van der Waals surface area (Å²) in [6.45, 7) is 0. The van der Waals surface area contributed by atoms with E-state index in [2.05, 4.69) is 5.21 Å². The van der Waals surface area contributed by atoms with Crippen molar-refractivity contribution in [1.29, 1.82) is 0 Å². The topological polar surface area (TPSA) is 55.8 Å². The van der Waals surface area contributed by atoms with Gasteiger partial charge in [-0.05, 0) is 0 Å². The van der Waals surface area contributed by atoms with Crippen molar-refractivity contribution in [2.45, 2.75) is 0 Å². The summed E-state index contributed by atoms with van der Waals surface area (Å²) < 4.78 is 2.90. The summed E-state index contributed by atoms with van der Waals surface area (Å²) in [4.78, 5) is 24.5. The zero-order valence-electron chi connectivity index (χ0n) is 9.85. The Bertz CT molecular complexity index is 620. The lowest BCUT2D eigenvalue weighted by Gasteiger charge is -2.10. The summed E-state index contributed by atoms with van der Waals surface area (Å²) in [5.41, 5.74) is 1.62. The first kappa shape index (κ1) is 12.4. The van der Waals surface area contributed by atoms with Crippen molar-refractivity contribution in [3.63, 3.8) is 0 Å². The molecule has 0 saturated heterocycles. The molecule has 0 atom stereocenters. The van der Waals surface area contributed by atoms with Crippen molar-refractivity contribution >= 4 is 11.6 Å². The summed E-state index contributed by atoms with van der Waals surface area (Å²) in [6, 6.07) is 6.85. The van der Waals surface area contributed by atoms with Crippen LogP contribution in [0.25, 0.3) is 0 Å². The van der Waals surface area contributed by atoms with E-state index in [0.717, 1.165) is 0 Å². The van der Waals surface area contributed by atoms with Gasteiger partial charge in [0.15, 0.2) is 0 Å². The number of halogens is 1. The Labute approximate surface area is 109 Å². The normalized spacial score (nSPS) is 12.8. The Kier molecular flexibility index (Phi) is 2.78. The van der Waals surface area contributed by atoms with Crippen LogP contribution in [-0.2, 0) is 14.1 Å². The van der Waals surface area contributed by atoms with Gasteiger partial charge in [-0.2, -0.15) is 0 Å². The molecule has 0 fully saturated rings. The van der Waals surface area contributed by atoms with Gasteiger partial charge in [-0.3, -0.25) is 9.59 Å². The molecule has 0 unspecified atom stereocenters. The summed E-state index contributed by atoms with van der Waals surface area (Å²) in [5, 5.41) is 4.07. The van der Waals surface area contributed by atoms with Gasteiger partial charge in [0.05, 0.1) is 5.21 Å². The highest BCUT2D eigenvalue weighted by Crippen LogP contribution is 2.24. The first-order valence-electron chi connectivity index (χ1n) is 5.23. The number of aryl methyl sites for hydroxylation is 2. The zero-order valence-corrected chi connectivity index (χ0v) is 10.6. The number of carbonyl (C=O) groups excluding carboxylic acids is 2. The third-order valence-corrected chi connectivity index (χ3v) is 2.99. The number of rotatable bonds is 0. The minimum absolute atomic E-state index is 0. The molecule has 0 spiro atoms. The van der Waals surface area contributed by atoms with Gasteiger partial charge < -0.3 is 12.4 Å². The Hall–Kier alpha value is -2.01. The maximum atomic E-state index is 12.3. The monoisotopic (exact) mass is 263 g/mol. The first-order chi connectivity index (χ1) is 8.11. The molecular formula is C12H10ClN3O2. The SMILES string of the molecule is Cn1n[n+](C)c2c1C(=O)c1ccccc1C2=O.[Cl-]. The Morgan fingerprint density at radius 3 is 2.28 bits per heavy atom. The van der Waals surface area contributed by atoms with Gasteiger partial charge in [-0.25, -0.2) is 0 Å². The Morgan fingerprint density at radius 1 is 1.11 bits per heavy atom. The van der Waals surface area contributed by atoms with Crippen LogP contribution in [0.15, 0.2) is 24.3 Å². The summed E-state index contributed by atoms with van der Waals surface area (Å²) in [7, 11) is 3.33. The van der Waals surface area contributed by atoms with Gasteiger partial charge in [-0.1, -0.05) is 24.3 Å². The van der Waals surface area contributed by atoms with Crippen LogP contribution in [0.1, 0.15) is 32.1 Å². The molecule has 0 N–H and O–H groups in total. The first-order valence-corrected chi connectivity index (χ1v) is 5.23. The lowest BCUT2D eigenvalue weighted by Crippen LogP contribution is -3.00. The van der Waals surface area contributed by atoms with E-state index in [-0.39, 0.29) is 24.0 Å². The molecule has 1 heterocycles. The van der Waals surface area contributed by atoms with E-state index in [9.17, 15) is 9.59 Å². The van der Waals surface area contributed by atoms with Crippen LogP contribution in [-0.4, -0.2) is 21.5 Å². The summed E-state index contributed by atoms with van der Waals surface area (Å²) in [6.07, 6.45) is 0. The van der Waals surface area contributed by atoms with Crippen molar-refractivity contribution in [3.8, 4) is 0 Å². The minimum atomic E-state index is -0.147. The average Bonchev–Trinajstić information content (AvgIpc) is 2.62. The molecule has 2 aromatic rings. The van der Waals surface area contributed by atoms with Crippen LogP contribution in [0.5, 0.6) is 0 Å². The van der Waals surface area contributed by atoms with E-state index in [1.165, 1.54) is 9.36 Å². The molecule has 5 nitrogen and oxygen atoms in total. The van der Waals surface area contributed by atoms with Crippen LogP contribution >= 0.6 is 0 Å². The van der Waals surface area contributed by atoms with Gasteiger partial charge in [-0.15, -0.1) is 9.36 Å². The molecule has 0 amide bonds. The fraction of sp³-hybridized carbons (Fsp3) is 0.167. The van der Waals surface area contributed by atoms with E-state index < -0.39 is 0 Å². The number of nitrogens with zero attached hydrogens (tertiary/aromatic N) is 3. The van der Waals surface area contributed by atoms with Gasteiger partial charge in [0.25, 0.3) is 0 Å². The van der Waals surface area contributed by atoms with Crippen LogP contribution in [0.3, 0.4) is 0 Å². The summed E-state index contributed by atoms with van der Waals surface area (Å²) >= 11 is 0. The second kappa shape index (κ2) is 4.03. The highest BCUT2D eigenvalue weighted by atomic mass is 35.5. The van der Waals surface area contributed by atoms with Crippen LogP contribution in [0.4, 0.5) is 0 Å². The number of hydrogen-bond donors (Lipinski definition) is 0. The molecule has 0 saturated carbocycles. The lowest BCUT2D eigenvalue weighted by molar-refractivity contribution is -0.733. The van der Waals surface area contributed by atoms with Crippen LogP contribution in [0.2, 0.25) is 0 Å². The van der Waals surface area contributed by atoms with Gasteiger partial charge in [0.1, 0.15) is 14.1 Å². The Morgan fingerprint density at radius 2 is 1.67 bits per heavy atom. The quantitative estimate of drug-likeness (QED) is 0.407. The van der Waals surface area contributed by atoms with E-state index in [1.54, 1.807) is 38.4 Å². The molecule has 3 rings (SSSR count). The average molecular weight is 264 g/mol. The van der Waals surface area contributed by atoms with Crippen molar-refractivity contribution < 1.29 is 26.7 Å². The minimum Gasteiger partial charge on any atom is -1.00 e. The number of ketones is 2. The fourth-order valence-electron chi connectivity index (χ4n) is 2.24. The Balaban J connectivity index is 0.00000120. The molecular weight excluding hydrogens is 254 g/mol. The number of benzene rings is 1. The third-order valence-electron chi connectivity index (χ3n) is 2.99. The molecule has 92 valence electrons. The predicted octanol–water partition coefficient (Wildman–Crippen LogP) is -2.98. The highest BCUT2D eigenvalue weighted by Gasteiger charge is 2.40. The molecule has 18 heavy (non-hydrogen) atoms. The van der Waals surface area contributed by atoms with E-state index in [1.807, 2.05) is 0 Å². The van der Waals surface area contributed by atoms with Crippen molar-refractivity contribution in [1.82, 2.24) is 9.90 Å². The van der Waals surface area contributed by atoms with E-state index in [0.29, 0.717) is 22.5 Å². The molecule has 6 heteroatoms. The maximum Gasteiger partial charge on any atom is 0.249 e.